The average Bonchev–Trinajstić information content (AvgIpc) is 3.03. The number of anilines is 1. The minimum absolute atomic E-state index is 0.00549. The van der Waals surface area contributed by atoms with Crippen molar-refractivity contribution in [1.29, 1.82) is 5.26 Å². The normalized spacial score (nSPS) is 11.4. The molecular weight excluding hydrogens is 345 g/mol. The van der Waals surface area contributed by atoms with Gasteiger partial charge in [-0.05, 0) is 36.4 Å². The average molecular weight is 359 g/mol. The highest BCUT2D eigenvalue weighted by molar-refractivity contribution is 7.92. The number of rotatable bonds is 5. The van der Waals surface area contributed by atoms with Crippen molar-refractivity contribution in [3.05, 3.63) is 54.2 Å². The number of sulfonamides is 1. The molecule has 0 aliphatic rings. The fraction of sp³-hybridized carbons (Fsp3) is 0.188. The quantitative estimate of drug-likeness (QED) is 0.651. The molecule has 9 heteroatoms. The van der Waals surface area contributed by atoms with Crippen molar-refractivity contribution in [2.24, 2.45) is 0 Å². The van der Waals surface area contributed by atoms with Crippen molar-refractivity contribution in [1.82, 2.24) is 14.6 Å². The summed E-state index contributed by atoms with van der Waals surface area (Å²) >= 11 is 0. The van der Waals surface area contributed by atoms with Gasteiger partial charge in [0.25, 0.3) is 10.0 Å². The molecular formula is C16H14FN5O2S. The minimum Gasteiger partial charge on any atom is -0.285 e. The Balaban J connectivity index is 2.12. The molecule has 0 N–H and O–H groups in total. The second-order valence-electron chi connectivity index (χ2n) is 5.21. The molecule has 2 aromatic heterocycles. The molecule has 0 spiro atoms. The summed E-state index contributed by atoms with van der Waals surface area (Å²) < 4.78 is 41.7. The highest BCUT2D eigenvalue weighted by Gasteiger charge is 2.26. The lowest BCUT2D eigenvalue weighted by molar-refractivity contribution is 0.592. The number of benzene rings is 1. The Morgan fingerprint density at radius 1 is 1.20 bits per heavy atom. The zero-order chi connectivity index (χ0) is 18.0. The summed E-state index contributed by atoms with van der Waals surface area (Å²) in [6.45, 7) is 1.49. The van der Waals surface area contributed by atoms with Crippen molar-refractivity contribution in [2.45, 2.75) is 18.2 Å². The Labute approximate surface area is 144 Å². The van der Waals surface area contributed by atoms with Gasteiger partial charge >= 0.3 is 0 Å². The number of pyridine rings is 1. The molecule has 0 bridgehead atoms. The van der Waals surface area contributed by atoms with Gasteiger partial charge in [0, 0.05) is 12.6 Å². The fourth-order valence-electron chi connectivity index (χ4n) is 2.43. The van der Waals surface area contributed by atoms with E-state index < -0.39 is 22.4 Å². The van der Waals surface area contributed by atoms with Crippen LogP contribution in [0.2, 0.25) is 0 Å². The van der Waals surface area contributed by atoms with E-state index in [0.29, 0.717) is 17.9 Å². The Hall–Kier alpha value is -2.99. The van der Waals surface area contributed by atoms with Gasteiger partial charge < -0.3 is 0 Å². The van der Waals surface area contributed by atoms with E-state index in [-0.39, 0.29) is 10.6 Å². The first-order valence-electron chi connectivity index (χ1n) is 7.46. The van der Waals surface area contributed by atoms with Crippen LogP contribution in [-0.2, 0) is 16.4 Å². The number of hydrogen-bond donors (Lipinski definition) is 0. The first-order valence-corrected chi connectivity index (χ1v) is 8.90. The highest BCUT2D eigenvalue weighted by Crippen LogP contribution is 2.24. The number of nitrogens with zero attached hydrogens (tertiary/aromatic N) is 5. The SMILES string of the molecule is CCc1nnc2ccc(S(=O)(=O)N(CC#N)c3ccc(F)cc3)cn12. The molecule has 128 valence electrons. The van der Waals surface area contributed by atoms with Gasteiger partial charge in [-0.3, -0.25) is 8.71 Å². The molecule has 3 rings (SSSR count). The van der Waals surface area contributed by atoms with E-state index in [9.17, 15) is 12.8 Å². The molecule has 0 radical (unpaired) electrons. The van der Waals surface area contributed by atoms with Gasteiger partial charge in [0.15, 0.2) is 5.65 Å². The minimum atomic E-state index is -4.01. The van der Waals surface area contributed by atoms with Crippen LogP contribution in [0.25, 0.3) is 5.65 Å². The summed E-state index contributed by atoms with van der Waals surface area (Å²) in [6.07, 6.45) is 2.02. The number of nitriles is 1. The smallest absolute Gasteiger partial charge is 0.266 e. The number of fused-ring (bicyclic) bond motifs is 1. The molecule has 0 saturated carbocycles. The van der Waals surface area contributed by atoms with Gasteiger partial charge in [-0.15, -0.1) is 10.2 Å². The molecule has 1 aromatic carbocycles. The van der Waals surface area contributed by atoms with Gasteiger partial charge in [-0.2, -0.15) is 5.26 Å². The van der Waals surface area contributed by atoms with E-state index in [0.717, 1.165) is 16.4 Å². The van der Waals surface area contributed by atoms with E-state index >= 15 is 0 Å². The summed E-state index contributed by atoms with van der Waals surface area (Å²) in [5.41, 5.74) is 0.743. The Morgan fingerprint density at radius 2 is 1.92 bits per heavy atom. The van der Waals surface area contributed by atoms with Crippen molar-refractivity contribution < 1.29 is 12.8 Å². The Morgan fingerprint density at radius 3 is 2.56 bits per heavy atom. The summed E-state index contributed by atoms with van der Waals surface area (Å²) in [6, 6.07) is 9.72. The number of hydrogen-bond acceptors (Lipinski definition) is 5. The third-order valence-corrected chi connectivity index (χ3v) is 5.44. The molecule has 0 saturated heterocycles. The maximum Gasteiger partial charge on any atom is 0.266 e. The Kier molecular flexibility index (Phi) is 4.37. The molecule has 0 fully saturated rings. The predicted octanol–water partition coefficient (Wildman–Crippen LogP) is 2.15. The van der Waals surface area contributed by atoms with Gasteiger partial charge in [0.2, 0.25) is 0 Å². The number of halogens is 1. The van der Waals surface area contributed by atoms with Crippen molar-refractivity contribution in [3.8, 4) is 6.07 Å². The lowest BCUT2D eigenvalue weighted by atomic mass is 10.3. The first kappa shape index (κ1) is 16.9. The van der Waals surface area contributed by atoms with E-state index in [1.165, 1.54) is 24.4 Å². The molecule has 7 nitrogen and oxygen atoms in total. The van der Waals surface area contributed by atoms with Crippen LogP contribution in [-0.4, -0.2) is 29.6 Å². The summed E-state index contributed by atoms with van der Waals surface area (Å²) in [5.74, 6) is 0.136. The van der Waals surface area contributed by atoms with Crippen molar-refractivity contribution in [2.75, 3.05) is 10.8 Å². The number of aryl methyl sites for hydroxylation is 1. The fourth-order valence-corrected chi connectivity index (χ4v) is 3.79. The van der Waals surface area contributed by atoms with Gasteiger partial charge in [0.1, 0.15) is 23.1 Å². The first-order chi connectivity index (χ1) is 12.0. The van der Waals surface area contributed by atoms with E-state index in [4.69, 9.17) is 5.26 Å². The van der Waals surface area contributed by atoms with Crippen LogP contribution < -0.4 is 4.31 Å². The zero-order valence-corrected chi connectivity index (χ0v) is 14.1. The molecule has 0 atom stereocenters. The van der Waals surface area contributed by atoms with Crippen LogP contribution >= 0.6 is 0 Å². The molecule has 0 aliphatic carbocycles. The van der Waals surface area contributed by atoms with E-state index in [2.05, 4.69) is 10.2 Å². The standard InChI is InChI=1S/C16H14FN5O2S/c1-2-15-19-20-16-8-7-14(11-21(15)16)25(23,24)22(10-9-18)13-5-3-12(17)4-6-13/h3-8,11H,2,10H2,1H3. The Bertz CT molecular complexity index is 1050. The predicted molar refractivity (Wildman–Crippen MR) is 88.9 cm³/mol. The highest BCUT2D eigenvalue weighted by atomic mass is 32.2. The van der Waals surface area contributed by atoms with Crippen LogP contribution in [0.5, 0.6) is 0 Å². The van der Waals surface area contributed by atoms with Gasteiger partial charge in [-0.25, -0.2) is 12.8 Å². The second-order valence-corrected chi connectivity index (χ2v) is 7.07. The van der Waals surface area contributed by atoms with E-state index in [1.807, 2.05) is 13.0 Å². The van der Waals surface area contributed by atoms with Gasteiger partial charge in [0.05, 0.1) is 11.8 Å². The molecule has 0 unspecified atom stereocenters. The maximum absolute atomic E-state index is 13.1. The topological polar surface area (TPSA) is 91.4 Å². The molecule has 0 amide bonds. The van der Waals surface area contributed by atoms with Crippen molar-refractivity contribution in [3.63, 3.8) is 0 Å². The molecule has 0 aliphatic heterocycles. The van der Waals surface area contributed by atoms with Crippen LogP contribution in [0.3, 0.4) is 0 Å². The van der Waals surface area contributed by atoms with Crippen LogP contribution in [0, 0.1) is 17.1 Å². The van der Waals surface area contributed by atoms with Gasteiger partial charge in [-0.1, -0.05) is 6.92 Å². The number of aromatic nitrogens is 3. The summed E-state index contributed by atoms with van der Waals surface area (Å²) in [7, 11) is -4.01. The van der Waals surface area contributed by atoms with Crippen molar-refractivity contribution >= 4 is 21.4 Å². The lowest BCUT2D eigenvalue weighted by Crippen LogP contribution is -2.31. The van der Waals surface area contributed by atoms with Crippen LogP contribution in [0.1, 0.15) is 12.7 Å². The molecule has 3 aromatic rings. The van der Waals surface area contributed by atoms with Crippen LogP contribution in [0.4, 0.5) is 10.1 Å². The molecule has 2 heterocycles. The maximum atomic E-state index is 13.1. The largest absolute Gasteiger partial charge is 0.285 e. The zero-order valence-electron chi connectivity index (χ0n) is 13.3. The van der Waals surface area contributed by atoms with Crippen LogP contribution in [0.15, 0.2) is 47.5 Å². The van der Waals surface area contributed by atoms with E-state index in [1.54, 1.807) is 10.5 Å². The lowest BCUT2D eigenvalue weighted by Gasteiger charge is -2.21. The third kappa shape index (κ3) is 3.04. The summed E-state index contributed by atoms with van der Waals surface area (Å²) in [5, 5.41) is 17.0. The summed E-state index contributed by atoms with van der Waals surface area (Å²) in [4.78, 5) is -0.00549. The third-order valence-electron chi connectivity index (χ3n) is 3.68. The monoisotopic (exact) mass is 359 g/mol. The molecule has 25 heavy (non-hydrogen) atoms. The second kappa shape index (κ2) is 6.49.